The summed E-state index contributed by atoms with van der Waals surface area (Å²) in [4.78, 5) is 0. The summed E-state index contributed by atoms with van der Waals surface area (Å²) in [5.74, 6) is 0. The lowest BCUT2D eigenvalue weighted by Gasteiger charge is -2.54. The first-order valence-corrected chi connectivity index (χ1v) is 8.02. The van der Waals surface area contributed by atoms with Gasteiger partial charge in [-0.2, -0.15) is 0 Å². The zero-order chi connectivity index (χ0) is 15.5. The third kappa shape index (κ3) is 2.03. The lowest BCUT2D eigenvalue weighted by atomic mass is 9.50. The summed E-state index contributed by atoms with van der Waals surface area (Å²) in [7, 11) is 0. The molecule has 3 rings (SSSR count). The summed E-state index contributed by atoms with van der Waals surface area (Å²) < 4.78 is 0. The van der Waals surface area contributed by atoms with Crippen LogP contribution in [0.15, 0.2) is 42.0 Å². The van der Waals surface area contributed by atoms with Gasteiger partial charge in [0, 0.05) is 11.8 Å². The predicted molar refractivity (Wildman–Crippen MR) is 91.9 cm³/mol. The molecular formula is C21H27. The van der Waals surface area contributed by atoms with Crippen LogP contribution in [0.2, 0.25) is 0 Å². The molecular weight excluding hydrogens is 252 g/mol. The Bertz CT molecular complexity index is 613. The predicted octanol–water partition coefficient (Wildman–Crippen LogP) is 6.04. The van der Waals surface area contributed by atoms with Gasteiger partial charge in [0.2, 0.25) is 0 Å². The van der Waals surface area contributed by atoms with Gasteiger partial charge >= 0.3 is 0 Å². The molecule has 0 N–H and O–H groups in total. The average molecular weight is 279 g/mol. The lowest BCUT2D eigenvalue weighted by Crippen LogP contribution is -2.45. The van der Waals surface area contributed by atoms with Gasteiger partial charge in [-0.15, -0.1) is 0 Å². The first kappa shape index (κ1) is 14.6. The van der Waals surface area contributed by atoms with E-state index in [2.05, 4.69) is 84.4 Å². The first-order chi connectivity index (χ1) is 9.66. The van der Waals surface area contributed by atoms with Crippen LogP contribution >= 0.6 is 0 Å². The highest BCUT2D eigenvalue weighted by molar-refractivity contribution is 5.84. The Morgan fingerprint density at radius 2 is 1.52 bits per heavy atom. The highest BCUT2D eigenvalue weighted by Gasteiger charge is 2.50. The SMILES string of the molecule is CC(C)(C)C1(C(C)(C)C)C=CC2=C(C1)c1ccccc1[CH]2. The molecule has 0 saturated heterocycles. The van der Waals surface area contributed by atoms with E-state index in [4.69, 9.17) is 0 Å². The van der Waals surface area contributed by atoms with Crippen LogP contribution in [0.25, 0.3) is 5.57 Å². The van der Waals surface area contributed by atoms with Gasteiger partial charge in [0.05, 0.1) is 0 Å². The molecule has 2 aliphatic rings. The second-order valence-electron chi connectivity index (χ2n) is 8.65. The van der Waals surface area contributed by atoms with Crippen LogP contribution in [-0.4, -0.2) is 0 Å². The summed E-state index contributed by atoms with van der Waals surface area (Å²) in [5, 5.41) is 0. The molecule has 0 heterocycles. The molecule has 0 heteroatoms. The largest absolute Gasteiger partial charge is 0.0766 e. The molecule has 0 amide bonds. The van der Waals surface area contributed by atoms with Crippen molar-refractivity contribution < 1.29 is 0 Å². The Morgan fingerprint density at radius 3 is 2.14 bits per heavy atom. The molecule has 1 aromatic rings. The Morgan fingerprint density at radius 1 is 0.905 bits per heavy atom. The van der Waals surface area contributed by atoms with Gasteiger partial charge in [-0.1, -0.05) is 78.0 Å². The van der Waals surface area contributed by atoms with Crippen molar-refractivity contribution in [1.82, 2.24) is 0 Å². The second kappa shape index (κ2) is 4.35. The molecule has 1 aromatic carbocycles. The van der Waals surface area contributed by atoms with Crippen molar-refractivity contribution in [3.8, 4) is 0 Å². The van der Waals surface area contributed by atoms with Gasteiger partial charge < -0.3 is 0 Å². The third-order valence-electron chi connectivity index (χ3n) is 5.63. The van der Waals surface area contributed by atoms with E-state index in [1.54, 1.807) is 0 Å². The molecule has 2 aliphatic carbocycles. The van der Waals surface area contributed by atoms with Gasteiger partial charge in [0.25, 0.3) is 0 Å². The van der Waals surface area contributed by atoms with E-state index in [1.165, 1.54) is 22.3 Å². The minimum absolute atomic E-state index is 0.185. The molecule has 0 unspecified atom stereocenters. The van der Waals surface area contributed by atoms with E-state index in [-0.39, 0.29) is 16.2 Å². The number of hydrogen-bond donors (Lipinski definition) is 0. The fourth-order valence-electron chi connectivity index (χ4n) is 4.38. The van der Waals surface area contributed by atoms with Gasteiger partial charge in [-0.25, -0.2) is 0 Å². The minimum atomic E-state index is 0.185. The number of benzene rings is 1. The Hall–Kier alpha value is -1.30. The summed E-state index contributed by atoms with van der Waals surface area (Å²) in [6, 6.07) is 8.82. The molecule has 0 bridgehead atoms. The fraction of sp³-hybridized carbons (Fsp3) is 0.476. The Kier molecular flexibility index (Phi) is 3.03. The molecule has 0 saturated carbocycles. The van der Waals surface area contributed by atoms with Gasteiger partial charge in [-0.3, -0.25) is 0 Å². The van der Waals surface area contributed by atoms with Crippen LogP contribution in [0.3, 0.4) is 0 Å². The molecule has 0 spiro atoms. The summed E-state index contributed by atoms with van der Waals surface area (Å²) in [6.07, 6.45) is 8.35. The maximum Gasteiger partial charge on any atom is 0.0208 e. The fourth-order valence-corrected chi connectivity index (χ4v) is 4.38. The molecule has 0 fully saturated rings. The molecule has 0 aliphatic heterocycles. The zero-order valence-corrected chi connectivity index (χ0v) is 14.2. The maximum atomic E-state index is 2.49. The van der Waals surface area contributed by atoms with Gasteiger partial charge in [0.1, 0.15) is 0 Å². The second-order valence-corrected chi connectivity index (χ2v) is 8.65. The Balaban J connectivity index is 2.11. The topological polar surface area (TPSA) is 0 Å². The third-order valence-corrected chi connectivity index (χ3v) is 5.63. The van der Waals surface area contributed by atoms with Crippen molar-refractivity contribution in [2.75, 3.05) is 0 Å². The Labute approximate surface area is 130 Å². The normalized spacial score (nSPS) is 20.5. The number of fused-ring (bicyclic) bond motifs is 2. The van der Waals surface area contributed by atoms with Crippen LogP contribution < -0.4 is 0 Å². The number of rotatable bonds is 0. The van der Waals surface area contributed by atoms with Crippen molar-refractivity contribution >= 4 is 5.57 Å². The van der Waals surface area contributed by atoms with Crippen molar-refractivity contribution in [2.45, 2.75) is 48.0 Å². The average Bonchev–Trinajstić information content (AvgIpc) is 2.73. The van der Waals surface area contributed by atoms with E-state index < -0.39 is 0 Å². The van der Waals surface area contributed by atoms with Crippen molar-refractivity contribution in [1.29, 1.82) is 0 Å². The smallest absolute Gasteiger partial charge is 0.0208 e. The van der Waals surface area contributed by atoms with Crippen molar-refractivity contribution in [3.63, 3.8) is 0 Å². The first-order valence-electron chi connectivity index (χ1n) is 8.02. The van der Waals surface area contributed by atoms with Crippen LogP contribution in [0.5, 0.6) is 0 Å². The maximum absolute atomic E-state index is 2.49. The van der Waals surface area contributed by atoms with E-state index in [1.807, 2.05) is 0 Å². The van der Waals surface area contributed by atoms with Crippen LogP contribution in [0, 0.1) is 22.7 Å². The summed E-state index contributed by atoms with van der Waals surface area (Å²) >= 11 is 0. The zero-order valence-electron chi connectivity index (χ0n) is 14.2. The van der Waals surface area contributed by atoms with Gasteiger partial charge in [-0.05, 0) is 39.5 Å². The van der Waals surface area contributed by atoms with Crippen molar-refractivity contribution in [2.24, 2.45) is 16.2 Å². The van der Waals surface area contributed by atoms with E-state index in [0.29, 0.717) is 0 Å². The number of allylic oxidation sites excluding steroid dienone is 4. The molecule has 0 atom stereocenters. The van der Waals surface area contributed by atoms with E-state index in [9.17, 15) is 0 Å². The van der Waals surface area contributed by atoms with E-state index >= 15 is 0 Å². The quantitative estimate of drug-likeness (QED) is 0.542. The van der Waals surface area contributed by atoms with E-state index in [0.717, 1.165) is 6.42 Å². The monoisotopic (exact) mass is 279 g/mol. The minimum Gasteiger partial charge on any atom is -0.0766 e. The molecule has 0 nitrogen and oxygen atoms in total. The highest BCUT2D eigenvalue weighted by atomic mass is 14.5. The molecule has 21 heavy (non-hydrogen) atoms. The lowest BCUT2D eigenvalue weighted by molar-refractivity contribution is 0.0214. The van der Waals surface area contributed by atoms with Gasteiger partial charge in [0.15, 0.2) is 0 Å². The van der Waals surface area contributed by atoms with Crippen molar-refractivity contribution in [3.05, 3.63) is 59.5 Å². The summed E-state index contributed by atoms with van der Waals surface area (Å²) in [5.41, 5.74) is 6.43. The summed E-state index contributed by atoms with van der Waals surface area (Å²) in [6.45, 7) is 14.3. The molecule has 1 radical (unpaired) electrons. The number of hydrogen-bond acceptors (Lipinski definition) is 0. The van der Waals surface area contributed by atoms with Crippen LogP contribution in [0.4, 0.5) is 0 Å². The van der Waals surface area contributed by atoms with Crippen LogP contribution in [0.1, 0.15) is 59.1 Å². The molecule has 111 valence electrons. The van der Waals surface area contributed by atoms with Crippen LogP contribution in [-0.2, 0) is 0 Å². The standard InChI is InChI=1S/C21H27/c1-19(2,3)21(20(4,5)6)12-11-16-13-15-9-7-8-10-17(15)18(16)14-21/h7-13H,14H2,1-6H3. The highest BCUT2D eigenvalue weighted by Crippen LogP contribution is 2.60. The molecule has 0 aromatic heterocycles.